The predicted octanol–water partition coefficient (Wildman–Crippen LogP) is 2.53. The number of nitrogens with one attached hydrogen (secondary N) is 2. The number of benzene rings is 1. The molecule has 0 amide bonds. The maximum atomic E-state index is 12.1. The quantitative estimate of drug-likeness (QED) is 0.307. The summed E-state index contributed by atoms with van der Waals surface area (Å²) in [5.41, 5.74) is 1.12. The van der Waals surface area contributed by atoms with Gasteiger partial charge in [-0.3, -0.25) is 4.99 Å². The van der Waals surface area contributed by atoms with Gasteiger partial charge in [0.05, 0.1) is 13.7 Å². The van der Waals surface area contributed by atoms with Gasteiger partial charge in [0.2, 0.25) is 0 Å². The van der Waals surface area contributed by atoms with E-state index in [1.165, 1.54) is 29.7 Å². The first kappa shape index (κ1) is 24.7. The molecular formula is C18H27IN4O3S2. The Morgan fingerprint density at radius 3 is 2.54 bits per heavy atom. The first-order valence-corrected chi connectivity index (χ1v) is 10.7. The Kier molecular flexibility index (Phi) is 10.2. The number of thiophene rings is 1. The lowest BCUT2D eigenvalue weighted by Crippen LogP contribution is -2.37. The zero-order valence-corrected chi connectivity index (χ0v) is 20.4. The van der Waals surface area contributed by atoms with Crippen LogP contribution in [0.1, 0.15) is 10.4 Å². The molecule has 0 aliphatic heterocycles. The molecule has 2 aromatic rings. The summed E-state index contributed by atoms with van der Waals surface area (Å²) in [4.78, 5) is 5.12. The number of hydrogen-bond acceptors (Lipinski definition) is 5. The molecule has 1 aromatic heterocycles. The van der Waals surface area contributed by atoms with Crippen molar-refractivity contribution in [3.8, 4) is 5.75 Å². The summed E-state index contributed by atoms with van der Waals surface area (Å²) in [6, 6.07) is 11.4. The van der Waals surface area contributed by atoms with Crippen LogP contribution < -0.4 is 15.4 Å². The van der Waals surface area contributed by atoms with Crippen molar-refractivity contribution in [2.45, 2.75) is 17.2 Å². The van der Waals surface area contributed by atoms with Crippen LogP contribution in [0.25, 0.3) is 0 Å². The number of methoxy groups -OCH3 is 1. The third-order valence-electron chi connectivity index (χ3n) is 3.90. The Labute approximate surface area is 188 Å². The number of hydrogen-bond donors (Lipinski definition) is 2. The van der Waals surface area contributed by atoms with Gasteiger partial charge in [-0.25, -0.2) is 12.7 Å². The predicted molar refractivity (Wildman–Crippen MR) is 126 cm³/mol. The average Bonchev–Trinajstić information content (AvgIpc) is 3.14. The molecule has 28 heavy (non-hydrogen) atoms. The second kappa shape index (κ2) is 11.6. The highest BCUT2D eigenvalue weighted by Crippen LogP contribution is 2.23. The minimum atomic E-state index is -3.39. The number of para-hydroxylation sites is 1. The Hall–Kier alpha value is -1.37. The fourth-order valence-corrected chi connectivity index (χ4v) is 4.85. The summed E-state index contributed by atoms with van der Waals surface area (Å²) >= 11 is 1.25. The van der Waals surface area contributed by atoms with Crippen LogP contribution >= 0.6 is 35.3 Å². The zero-order valence-electron chi connectivity index (χ0n) is 16.4. The van der Waals surface area contributed by atoms with E-state index in [4.69, 9.17) is 4.74 Å². The summed E-state index contributed by atoms with van der Waals surface area (Å²) in [6.07, 6.45) is 0.801. The number of nitrogens with zero attached hydrogens (tertiary/aromatic N) is 2. The molecule has 0 unspecified atom stereocenters. The molecule has 0 bridgehead atoms. The van der Waals surface area contributed by atoms with Crippen molar-refractivity contribution >= 4 is 51.3 Å². The molecule has 0 spiro atoms. The van der Waals surface area contributed by atoms with Crippen molar-refractivity contribution in [1.29, 1.82) is 0 Å². The molecule has 7 nitrogen and oxygen atoms in total. The average molecular weight is 538 g/mol. The lowest BCUT2D eigenvalue weighted by Gasteiger charge is -2.12. The molecular weight excluding hydrogens is 511 g/mol. The monoisotopic (exact) mass is 538 g/mol. The maximum Gasteiger partial charge on any atom is 0.252 e. The topological polar surface area (TPSA) is 83.0 Å². The van der Waals surface area contributed by atoms with Crippen LogP contribution in [0, 0.1) is 0 Å². The molecule has 0 saturated carbocycles. The van der Waals surface area contributed by atoms with E-state index >= 15 is 0 Å². The van der Waals surface area contributed by atoms with E-state index in [0.717, 1.165) is 22.6 Å². The van der Waals surface area contributed by atoms with Crippen LogP contribution in [0.15, 0.2) is 45.6 Å². The molecule has 2 rings (SSSR count). The molecule has 0 radical (unpaired) electrons. The highest BCUT2D eigenvalue weighted by atomic mass is 127. The Bertz CT molecular complexity index is 882. The smallest absolute Gasteiger partial charge is 0.252 e. The summed E-state index contributed by atoms with van der Waals surface area (Å²) < 4.78 is 31.2. The van der Waals surface area contributed by atoms with Crippen molar-refractivity contribution in [3.63, 3.8) is 0 Å². The van der Waals surface area contributed by atoms with Gasteiger partial charge >= 0.3 is 0 Å². The van der Waals surface area contributed by atoms with Gasteiger partial charge in [0, 0.05) is 32.6 Å². The van der Waals surface area contributed by atoms with E-state index in [1.807, 2.05) is 30.3 Å². The van der Waals surface area contributed by atoms with Crippen molar-refractivity contribution in [1.82, 2.24) is 14.9 Å². The molecule has 0 atom stereocenters. The van der Waals surface area contributed by atoms with Gasteiger partial charge in [-0.1, -0.05) is 18.2 Å². The molecule has 0 fully saturated rings. The minimum Gasteiger partial charge on any atom is -0.496 e. The number of aliphatic imine (C=N–C) groups is 1. The van der Waals surface area contributed by atoms with Crippen LogP contribution in [0.2, 0.25) is 0 Å². The molecule has 1 aromatic carbocycles. The van der Waals surface area contributed by atoms with Crippen molar-refractivity contribution < 1.29 is 13.2 Å². The minimum absolute atomic E-state index is 0. The van der Waals surface area contributed by atoms with Gasteiger partial charge in [-0.15, -0.1) is 35.3 Å². The van der Waals surface area contributed by atoms with E-state index < -0.39 is 10.0 Å². The summed E-state index contributed by atoms with van der Waals surface area (Å²) in [5.74, 6) is 1.53. The van der Waals surface area contributed by atoms with Gasteiger partial charge in [0.1, 0.15) is 9.96 Å². The maximum absolute atomic E-state index is 12.1. The third kappa shape index (κ3) is 6.61. The van der Waals surface area contributed by atoms with Crippen molar-refractivity contribution in [2.24, 2.45) is 4.99 Å². The van der Waals surface area contributed by atoms with Gasteiger partial charge < -0.3 is 15.4 Å². The van der Waals surface area contributed by atoms with E-state index in [0.29, 0.717) is 23.3 Å². The molecule has 0 aliphatic carbocycles. The van der Waals surface area contributed by atoms with Gasteiger partial charge in [-0.2, -0.15) is 0 Å². The van der Waals surface area contributed by atoms with Crippen LogP contribution in [0.3, 0.4) is 0 Å². The Morgan fingerprint density at radius 2 is 1.89 bits per heavy atom. The van der Waals surface area contributed by atoms with Gasteiger partial charge in [-0.05, 0) is 30.2 Å². The van der Waals surface area contributed by atoms with Gasteiger partial charge in [0.15, 0.2) is 5.96 Å². The zero-order chi connectivity index (χ0) is 19.9. The summed E-state index contributed by atoms with van der Waals surface area (Å²) in [7, 11) is 3.04. The fourth-order valence-electron chi connectivity index (χ4n) is 2.39. The van der Waals surface area contributed by atoms with E-state index in [-0.39, 0.29) is 24.0 Å². The molecule has 0 saturated heterocycles. The first-order valence-electron chi connectivity index (χ1n) is 8.46. The van der Waals surface area contributed by atoms with Crippen LogP contribution in [0.4, 0.5) is 0 Å². The van der Waals surface area contributed by atoms with E-state index in [2.05, 4.69) is 15.6 Å². The van der Waals surface area contributed by atoms with Crippen molar-refractivity contribution in [2.75, 3.05) is 34.8 Å². The summed E-state index contributed by atoms with van der Waals surface area (Å²) in [6.45, 7) is 1.20. The largest absolute Gasteiger partial charge is 0.496 e. The molecule has 156 valence electrons. The second-order valence-corrected chi connectivity index (χ2v) is 9.47. The number of guanidine groups is 1. The number of sulfonamides is 1. The Morgan fingerprint density at radius 1 is 1.18 bits per heavy atom. The van der Waals surface area contributed by atoms with E-state index in [1.54, 1.807) is 20.2 Å². The van der Waals surface area contributed by atoms with E-state index in [9.17, 15) is 8.42 Å². The van der Waals surface area contributed by atoms with Gasteiger partial charge in [0.25, 0.3) is 10.0 Å². The second-order valence-electron chi connectivity index (χ2n) is 5.92. The third-order valence-corrected chi connectivity index (χ3v) is 7.27. The lowest BCUT2D eigenvalue weighted by atomic mass is 10.1. The fraction of sp³-hybridized carbons (Fsp3) is 0.389. The first-order chi connectivity index (χ1) is 12.9. The molecule has 1 heterocycles. The highest BCUT2D eigenvalue weighted by Gasteiger charge is 2.19. The summed E-state index contributed by atoms with van der Waals surface area (Å²) in [5, 5.41) is 6.46. The van der Waals surface area contributed by atoms with Crippen LogP contribution in [-0.2, 0) is 23.0 Å². The molecule has 0 aliphatic rings. The standard InChI is InChI=1S/C18H26N4O3S2.HI/c1-19-18(20-12-11-14-7-5-6-8-16(14)25-4)21-13-15-9-10-17(26-15)27(23,24)22(2)3;/h5-10H,11-13H2,1-4H3,(H2,19,20,21);1H. The Balaban J connectivity index is 0.00000392. The van der Waals surface area contributed by atoms with Crippen LogP contribution in [-0.4, -0.2) is 53.5 Å². The SMILES string of the molecule is CN=C(NCCc1ccccc1OC)NCc1ccc(S(=O)(=O)N(C)C)s1.I. The number of rotatable bonds is 8. The van der Waals surface area contributed by atoms with Crippen LogP contribution in [0.5, 0.6) is 5.75 Å². The number of halogens is 1. The number of ether oxygens (including phenoxy) is 1. The molecule has 10 heteroatoms. The van der Waals surface area contributed by atoms with Crippen molar-refractivity contribution in [3.05, 3.63) is 46.8 Å². The normalized spacial score (nSPS) is 11.8. The highest BCUT2D eigenvalue weighted by molar-refractivity contribution is 14.0. The lowest BCUT2D eigenvalue weighted by molar-refractivity contribution is 0.409. The molecule has 2 N–H and O–H groups in total.